The molecule has 1 aromatic carbocycles. The topological polar surface area (TPSA) is 131 Å². The number of primary amides is 1. The number of amides is 4. The van der Waals surface area contributed by atoms with Gasteiger partial charge in [0.05, 0.1) is 6.42 Å². The third-order valence-electron chi connectivity index (χ3n) is 5.21. The monoisotopic (exact) mass is 490 g/mol. The first-order valence-electron chi connectivity index (χ1n) is 12.3. The van der Waals surface area contributed by atoms with E-state index in [4.69, 9.17) is 10.5 Å². The molecule has 0 fully saturated rings. The fraction of sp³-hybridized carbons (Fsp3) is 0.615. The van der Waals surface area contributed by atoms with E-state index in [1.807, 2.05) is 45.0 Å². The summed E-state index contributed by atoms with van der Waals surface area (Å²) in [5, 5.41) is 5.41. The van der Waals surface area contributed by atoms with Crippen LogP contribution in [0, 0.1) is 6.92 Å². The summed E-state index contributed by atoms with van der Waals surface area (Å²) in [5.74, 6) is -1.64. The highest BCUT2D eigenvalue weighted by atomic mass is 16.6. The van der Waals surface area contributed by atoms with Crippen LogP contribution in [0.3, 0.4) is 0 Å². The minimum absolute atomic E-state index is 0.264. The van der Waals surface area contributed by atoms with E-state index in [-0.39, 0.29) is 12.5 Å². The molecule has 35 heavy (non-hydrogen) atoms. The number of ether oxygens (including phenoxy) is 1. The smallest absolute Gasteiger partial charge is 0.408 e. The SMILES string of the molecule is CCCCNC(=O)C(c1ccc(C)cc1)N(CCCC)C(=O)C(CC(N)=O)NC(=O)OC(C)(C)C. The molecule has 0 aromatic heterocycles. The van der Waals surface area contributed by atoms with Gasteiger partial charge in [0.2, 0.25) is 17.7 Å². The zero-order valence-corrected chi connectivity index (χ0v) is 22.0. The number of nitrogens with one attached hydrogen (secondary N) is 2. The van der Waals surface area contributed by atoms with Crippen molar-refractivity contribution in [3.05, 3.63) is 35.4 Å². The minimum Gasteiger partial charge on any atom is -0.444 e. The summed E-state index contributed by atoms with van der Waals surface area (Å²) in [7, 11) is 0. The Morgan fingerprint density at radius 3 is 2.14 bits per heavy atom. The molecule has 0 saturated carbocycles. The molecule has 4 N–H and O–H groups in total. The molecule has 0 heterocycles. The Balaban J connectivity index is 3.40. The van der Waals surface area contributed by atoms with Crippen LogP contribution in [0.5, 0.6) is 0 Å². The lowest BCUT2D eigenvalue weighted by molar-refractivity contribution is -0.143. The Kier molecular flexibility index (Phi) is 12.3. The van der Waals surface area contributed by atoms with E-state index in [1.165, 1.54) is 4.90 Å². The largest absolute Gasteiger partial charge is 0.444 e. The van der Waals surface area contributed by atoms with Gasteiger partial charge in [0.25, 0.3) is 0 Å². The van der Waals surface area contributed by atoms with E-state index in [0.29, 0.717) is 18.5 Å². The number of benzene rings is 1. The third-order valence-corrected chi connectivity index (χ3v) is 5.21. The van der Waals surface area contributed by atoms with Gasteiger partial charge >= 0.3 is 6.09 Å². The lowest BCUT2D eigenvalue weighted by atomic mass is 10.0. The van der Waals surface area contributed by atoms with Gasteiger partial charge in [-0.05, 0) is 46.1 Å². The van der Waals surface area contributed by atoms with E-state index in [9.17, 15) is 19.2 Å². The van der Waals surface area contributed by atoms with Crippen molar-refractivity contribution in [2.24, 2.45) is 5.73 Å². The van der Waals surface area contributed by atoms with E-state index in [0.717, 1.165) is 24.8 Å². The lowest BCUT2D eigenvalue weighted by Crippen LogP contribution is -2.54. The number of unbranched alkanes of at least 4 members (excludes halogenated alkanes) is 2. The van der Waals surface area contributed by atoms with Crippen molar-refractivity contribution in [1.82, 2.24) is 15.5 Å². The van der Waals surface area contributed by atoms with E-state index >= 15 is 0 Å². The van der Waals surface area contributed by atoms with Crippen LogP contribution < -0.4 is 16.4 Å². The van der Waals surface area contributed by atoms with Crippen molar-refractivity contribution < 1.29 is 23.9 Å². The normalized spacial score (nSPS) is 12.9. The summed E-state index contributed by atoms with van der Waals surface area (Å²) in [6.45, 7) is 11.8. The summed E-state index contributed by atoms with van der Waals surface area (Å²) in [6, 6.07) is 5.19. The second kappa shape index (κ2) is 14.3. The summed E-state index contributed by atoms with van der Waals surface area (Å²) < 4.78 is 5.28. The van der Waals surface area contributed by atoms with Gasteiger partial charge in [0, 0.05) is 13.1 Å². The van der Waals surface area contributed by atoms with Crippen LogP contribution in [0.15, 0.2) is 24.3 Å². The van der Waals surface area contributed by atoms with E-state index in [1.54, 1.807) is 20.8 Å². The van der Waals surface area contributed by atoms with Crippen molar-refractivity contribution in [2.45, 2.75) is 91.3 Å². The van der Waals surface area contributed by atoms with E-state index in [2.05, 4.69) is 10.6 Å². The predicted molar refractivity (Wildman–Crippen MR) is 135 cm³/mol. The molecular weight excluding hydrogens is 448 g/mol. The Morgan fingerprint density at radius 1 is 1.03 bits per heavy atom. The average molecular weight is 491 g/mol. The van der Waals surface area contributed by atoms with Gasteiger partial charge in [-0.1, -0.05) is 56.5 Å². The Bertz CT molecular complexity index is 848. The van der Waals surface area contributed by atoms with Crippen LogP contribution in [0.4, 0.5) is 4.79 Å². The molecule has 2 atom stereocenters. The number of aryl methyl sites for hydroxylation is 1. The summed E-state index contributed by atoms with van der Waals surface area (Å²) in [6.07, 6.45) is 1.87. The quantitative estimate of drug-likeness (QED) is 0.365. The fourth-order valence-electron chi connectivity index (χ4n) is 3.45. The van der Waals surface area contributed by atoms with Crippen molar-refractivity contribution >= 4 is 23.8 Å². The first kappa shape index (κ1) is 29.9. The number of hydrogen-bond donors (Lipinski definition) is 3. The van der Waals surface area contributed by atoms with Gasteiger partial charge in [-0.3, -0.25) is 14.4 Å². The number of carbonyl (C=O) groups is 4. The number of rotatable bonds is 13. The van der Waals surface area contributed by atoms with Gasteiger partial charge in [0.15, 0.2) is 0 Å². The van der Waals surface area contributed by atoms with Crippen LogP contribution in [-0.4, -0.2) is 53.4 Å². The van der Waals surface area contributed by atoms with E-state index < -0.39 is 42.0 Å². The van der Waals surface area contributed by atoms with Crippen LogP contribution >= 0.6 is 0 Å². The number of hydrogen-bond acceptors (Lipinski definition) is 5. The van der Waals surface area contributed by atoms with Crippen LogP contribution in [-0.2, 0) is 19.1 Å². The molecule has 1 rings (SSSR count). The highest BCUT2D eigenvalue weighted by Gasteiger charge is 2.36. The highest BCUT2D eigenvalue weighted by molar-refractivity contribution is 5.94. The predicted octanol–water partition coefficient (Wildman–Crippen LogP) is 3.35. The Labute approximate surface area is 209 Å². The summed E-state index contributed by atoms with van der Waals surface area (Å²) >= 11 is 0. The van der Waals surface area contributed by atoms with Crippen LogP contribution in [0.2, 0.25) is 0 Å². The maximum Gasteiger partial charge on any atom is 0.408 e. The fourth-order valence-corrected chi connectivity index (χ4v) is 3.45. The zero-order valence-electron chi connectivity index (χ0n) is 22.0. The van der Waals surface area contributed by atoms with Crippen molar-refractivity contribution in [2.75, 3.05) is 13.1 Å². The molecule has 0 aliphatic rings. The summed E-state index contributed by atoms with van der Waals surface area (Å²) in [5.41, 5.74) is 6.26. The number of nitrogens with two attached hydrogens (primary N) is 1. The molecule has 0 radical (unpaired) electrons. The zero-order chi connectivity index (χ0) is 26.6. The van der Waals surface area contributed by atoms with Crippen molar-refractivity contribution in [3.8, 4) is 0 Å². The van der Waals surface area contributed by atoms with Gasteiger partial charge in [-0.15, -0.1) is 0 Å². The molecule has 0 aliphatic carbocycles. The second-order valence-corrected chi connectivity index (χ2v) is 9.71. The van der Waals surface area contributed by atoms with Gasteiger partial charge < -0.3 is 26.0 Å². The molecule has 0 aliphatic heterocycles. The molecule has 196 valence electrons. The molecule has 0 bridgehead atoms. The molecule has 9 heteroatoms. The van der Waals surface area contributed by atoms with Crippen LogP contribution in [0.1, 0.15) is 83.9 Å². The van der Waals surface area contributed by atoms with Crippen molar-refractivity contribution in [1.29, 1.82) is 0 Å². The summed E-state index contributed by atoms with van der Waals surface area (Å²) in [4.78, 5) is 52.8. The molecule has 0 saturated heterocycles. The average Bonchev–Trinajstić information content (AvgIpc) is 2.75. The Hall–Kier alpha value is -3.10. The number of nitrogens with zero attached hydrogens (tertiary/aromatic N) is 1. The van der Waals surface area contributed by atoms with Gasteiger partial charge in [0.1, 0.15) is 17.7 Å². The van der Waals surface area contributed by atoms with Gasteiger partial charge in [-0.25, -0.2) is 4.79 Å². The lowest BCUT2D eigenvalue weighted by Gasteiger charge is -2.34. The molecule has 4 amide bonds. The molecule has 9 nitrogen and oxygen atoms in total. The molecule has 1 aromatic rings. The first-order valence-corrected chi connectivity index (χ1v) is 12.3. The first-order chi connectivity index (χ1) is 16.4. The molecule has 0 spiro atoms. The van der Waals surface area contributed by atoms with Crippen LogP contribution in [0.25, 0.3) is 0 Å². The molecule has 2 unspecified atom stereocenters. The molecular formula is C26H42N4O5. The highest BCUT2D eigenvalue weighted by Crippen LogP contribution is 2.24. The number of alkyl carbamates (subject to hydrolysis) is 1. The standard InChI is InChI=1S/C26H42N4O5/c1-7-9-15-28-23(32)22(19-13-11-18(3)12-14-19)30(16-10-8-2)24(33)20(17-21(27)31)29-25(34)35-26(4,5)6/h11-14,20,22H,7-10,15-17H2,1-6H3,(H2,27,31)(H,28,32)(H,29,34). The Morgan fingerprint density at radius 2 is 1.63 bits per heavy atom. The van der Waals surface area contributed by atoms with Crippen molar-refractivity contribution in [3.63, 3.8) is 0 Å². The second-order valence-electron chi connectivity index (χ2n) is 9.71. The third kappa shape index (κ3) is 10.8. The number of carbonyl (C=O) groups excluding carboxylic acids is 4. The maximum absolute atomic E-state index is 13.8. The minimum atomic E-state index is -1.27. The van der Waals surface area contributed by atoms with Gasteiger partial charge in [-0.2, -0.15) is 0 Å². The maximum atomic E-state index is 13.8.